The number of ether oxygens (including phenoxy) is 1. The molecule has 0 spiro atoms. The quantitative estimate of drug-likeness (QED) is 0.566. The minimum Gasteiger partial charge on any atom is -0.481 e. The normalized spacial score (nSPS) is 17.6. The van der Waals surface area contributed by atoms with Crippen LogP contribution in [0, 0.1) is 0 Å². The van der Waals surface area contributed by atoms with Crippen molar-refractivity contribution in [1.29, 1.82) is 0 Å². The van der Waals surface area contributed by atoms with Crippen molar-refractivity contribution in [1.82, 2.24) is 9.97 Å². The lowest BCUT2D eigenvalue weighted by Crippen LogP contribution is -2.30. The van der Waals surface area contributed by atoms with Crippen LogP contribution in [0.25, 0.3) is 0 Å². The third kappa shape index (κ3) is 2.35. The van der Waals surface area contributed by atoms with Gasteiger partial charge in [0.2, 0.25) is 5.88 Å². The van der Waals surface area contributed by atoms with E-state index in [1.165, 1.54) is 17.7 Å². The van der Waals surface area contributed by atoms with E-state index in [0.717, 1.165) is 5.56 Å². The van der Waals surface area contributed by atoms with Crippen LogP contribution in [0.1, 0.15) is 9.49 Å². The third-order valence-corrected chi connectivity index (χ3v) is 6.01. The topological polar surface area (TPSA) is 72.4 Å². The molecule has 1 atom stereocenters. The second-order valence-electron chi connectivity index (χ2n) is 4.44. The fraction of sp³-hybridized carbons (Fsp3) is 0.231. The molecule has 0 radical (unpaired) electrons. The second kappa shape index (κ2) is 5.41. The summed E-state index contributed by atoms with van der Waals surface area (Å²) in [7, 11) is -2.11. The van der Waals surface area contributed by atoms with Crippen molar-refractivity contribution in [3.63, 3.8) is 0 Å². The number of methoxy groups -OCH3 is 1. The Morgan fingerprint density at radius 1 is 1.29 bits per heavy atom. The van der Waals surface area contributed by atoms with Gasteiger partial charge in [0.05, 0.1) is 28.0 Å². The Morgan fingerprint density at radius 2 is 2.00 bits per heavy atom. The molecule has 0 fully saturated rings. The first-order chi connectivity index (χ1) is 10.1. The zero-order valence-electron chi connectivity index (χ0n) is 11.1. The summed E-state index contributed by atoms with van der Waals surface area (Å²) in [6, 6.07) is 8.34. The average Bonchev–Trinajstić information content (AvgIpc) is 2.86. The number of rotatable bonds is 3. The molecule has 0 saturated carbocycles. The van der Waals surface area contributed by atoms with Gasteiger partial charge in [-0.05, 0) is 12.1 Å². The molecule has 2 heterocycles. The number of sulfonamides is 1. The van der Waals surface area contributed by atoms with E-state index < -0.39 is 10.0 Å². The monoisotopic (exact) mass is 417 g/mol. The Hall–Kier alpha value is -1.42. The lowest BCUT2D eigenvalue weighted by molar-refractivity contribution is 0.393. The summed E-state index contributed by atoms with van der Waals surface area (Å²) in [5.41, 5.74) is 0.722. The van der Waals surface area contributed by atoms with E-state index in [1.807, 2.05) is 0 Å². The van der Waals surface area contributed by atoms with Gasteiger partial charge in [-0.1, -0.05) is 40.8 Å². The maximum absolute atomic E-state index is 12.8. The number of benzene rings is 1. The summed E-state index contributed by atoms with van der Waals surface area (Å²) < 4.78 is 32.0. The van der Waals surface area contributed by atoms with Crippen molar-refractivity contribution in [2.24, 2.45) is 0 Å². The van der Waals surface area contributed by atoms with Crippen molar-refractivity contribution in [3.05, 3.63) is 42.2 Å². The maximum Gasteiger partial charge on any atom is 0.265 e. The van der Waals surface area contributed by atoms with E-state index in [0.29, 0.717) is 18.2 Å². The van der Waals surface area contributed by atoms with Crippen LogP contribution in [-0.4, -0.2) is 32.0 Å². The molecule has 0 aliphatic carbocycles. The fourth-order valence-corrected chi connectivity index (χ4v) is 4.94. The van der Waals surface area contributed by atoms with Crippen LogP contribution < -0.4 is 9.04 Å². The molecule has 0 saturated heterocycles. The molecule has 1 aromatic carbocycles. The molecule has 8 heteroatoms. The number of aromatic nitrogens is 2. The first kappa shape index (κ1) is 14.5. The van der Waals surface area contributed by atoms with Gasteiger partial charge in [-0.25, -0.2) is 22.7 Å². The van der Waals surface area contributed by atoms with Gasteiger partial charge in [-0.15, -0.1) is 0 Å². The molecule has 2 aromatic rings. The van der Waals surface area contributed by atoms with Gasteiger partial charge in [-0.2, -0.15) is 0 Å². The van der Waals surface area contributed by atoms with Crippen LogP contribution in [0.15, 0.2) is 41.6 Å². The molecule has 1 aromatic heterocycles. The number of anilines is 1. The molecule has 1 aliphatic heterocycles. The number of hydrogen-bond acceptors (Lipinski definition) is 5. The van der Waals surface area contributed by atoms with Gasteiger partial charge in [0, 0.05) is 0 Å². The van der Waals surface area contributed by atoms with E-state index >= 15 is 0 Å². The number of hydrogen-bond donors (Lipinski definition) is 0. The summed E-state index contributed by atoms with van der Waals surface area (Å²) in [6.07, 6.45) is 1.32. The van der Waals surface area contributed by atoms with Gasteiger partial charge in [0.15, 0.2) is 5.82 Å². The van der Waals surface area contributed by atoms with Crippen LogP contribution in [0.5, 0.6) is 5.88 Å². The molecule has 21 heavy (non-hydrogen) atoms. The van der Waals surface area contributed by atoms with E-state index in [-0.39, 0.29) is 8.82 Å². The van der Waals surface area contributed by atoms with Crippen LogP contribution in [0.2, 0.25) is 0 Å². The number of alkyl halides is 1. The SMILES string of the molecule is COc1ncnc2c1C(I)CN2S(=O)(=O)c1ccccc1. The van der Waals surface area contributed by atoms with Gasteiger partial charge < -0.3 is 4.74 Å². The Bertz CT molecular complexity index is 767. The molecule has 3 rings (SSSR count). The predicted molar refractivity (Wildman–Crippen MR) is 86.3 cm³/mol. The molecule has 1 unspecified atom stereocenters. The third-order valence-electron chi connectivity index (χ3n) is 3.23. The van der Waals surface area contributed by atoms with E-state index in [4.69, 9.17) is 4.74 Å². The van der Waals surface area contributed by atoms with Crippen LogP contribution in [0.3, 0.4) is 0 Å². The molecule has 0 bridgehead atoms. The van der Waals surface area contributed by atoms with Crippen molar-refractivity contribution in [2.45, 2.75) is 8.82 Å². The first-order valence-electron chi connectivity index (χ1n) is 6.16. The first-order valence-corrected chi connectivity index (χ1v) is 8.85. The van der Waals surface area contributed by atoms with Crippen LogP contribution in [-0.2, 0) is 10.0 Å². The Balaban J connectivity index is 2.12. The number of halogens is 1. The summed E-state index contributed by atoms with van der Waals surface area (Å²) in [6.45, 7) is 0.322. The standard InChI is InChI=1S/C13H12IN3O3S/c1-20-13-11-10(14)7-17(12(11)15-8-16-13)21(18,19)9-5-3-2-4-6-9/h2-6,8,10H,7H2,1H3. The van der Waals surface area contributed by atoms with Gasteiger partial charge in [0.1, 0.15) is 6.33 Å². The Kier molecular flexibility index (Phi) is 3.74. The van der Waals surface area contributed by atoms with Gasteiger partial charge in [0.25, 0.3) is 10.0 Å². The summed E-state index contributed by atoms with van der Waals surface area (Å²) >= 11 is 2.18. The van der Waals surface area contributed by atoms with E-state index in [2.05, 4.69) is 32.6 Å². The van der Waals surface area contributed by atoms with Crippen LogP contribution >= 0.6 is 22.6 Å². The van der Waals surface area contributed by atoms with E-state index in [1.54, 1.807) is 30.3 Å². The zero-order chi connectivity index (χ0) is 15.0. The minimum absolute atomic E-state index is 0.0489. The highest BCUT2D eigenvalue weighted by Gasteiger charge is 2.39. The van der Waals surface area contributed by atoms with Crippen molar-refractivity contribution < 1.29 is 13.2 Å². The van der Waals surface area contributed by atoms with E-state index in [9.17, 15) is 8.42 Å². The van der Waals surface area contributed by atoms with Gasteiger partial charge >= 0.3 is 0 Å². The largest absolute Gasteiger partial charge is 0.481 e. The molecule has 6 nitrogen and oxygen atoms in total. The highest BCUT2D eigenvalue weighted by Crippen LogP contribution is 2.45. The average molecular weight is 417 g/mol. The molecular formula is C13H12IN3O3S. The van der Waals surface area contributed by atoms with Crippen LogP contribution in [0.4, 0.5) is 5.82 Å². The highest BCUT2D eigenvalue weighted by molar-refractivity contribution is 14.1. The summed E-state index contributed by atoms with van der Waals surface area (Å²) in [5, 5.41) is 0. The van der Waals surface area contributed by atoms with Crippen molar-refractivity contribution in [2.75, 3.05) is 18.0 Å². The van der Waals surface area contributed by atoms with Crippen molar-refractivity contribution in [3.8, 4) is 5.88 Å². The fourth-order valence-electron chi connectivity index (χ4n) is 2.26. The molecule has 0 amide bonds. The summed E-state index contributed by atoms with van der Waals surface area (Å²) in [4.78, 5) is 8.44. The second-order valence-corrected chi connectivity index (χ2v) is 7.80. The minimum atomic E-state index is -3.63. The molecule has 110 valence electrons. The Morgan fingerprint density at radius 3 is 2.67 bits per heavy atom. The highest BCUT2D eigenvalue weighted by atomic mass is 127. The number of fused-ring (bicyclic) bond motifs is 1. The smallest absolute Gasteiger partial charge is 0.265 e. The lowest BCUT2D eigenvalue weighted by Gasteiger charge is -2.18. The predicted octanol–water partition coefficient (Wildman–Crippen LogP) is 2.17. The lowest BCUT2D eigenvalue weighted by atomic mass is 10.2. The Labute approximate surface area is 136 Å². The molecular weight excluding hydrogens is 405 g/mol. The molecule has 1 aliphatic rings. The summed E-state index contributed by atoms with van der Waals surface area (Å²) in [5.74, 6) is 0.815. The zero-order valence-corrected chi connectivity index (χ0v) is 14.1. The molecule has 0 N–H and O–H groups in total. The number of nitrogens with zero attached hydrogens (tertiary/aromatic N) is 3. The van der Waals surface area contributed by atoms with Gasteiger partial charge in [-0.3, -0.25) is 0 Å². The maximum atomic E-state index is 12.8. The van der Waals surface area contributed by atoms with Crippen molar-refractivity contribution >= 4 is 38.4 Å².